The number of fused-ring (bicyclic) bond motifs is 1. The first-order valence-electron chi connectivity index (χ1n) is 11.3. The molecule has 2 amide bonds. The van der Waals surface area contributed by atoms with Gasteiger partial charge in [-0.25, -0.2) is 19.2 Å². The molecule has 9 heteroatoms. The zero-order valence-electron chi connectivity index (χ0n) is 18.3. The monoisotopic (exact) mass is 469 g/mol. The van der Waals surface area contributed by atoms with Gasteiger partial charge in [0, 0.05) is 24.9 Å². The number of rotatable bonds is 3. The predicted molar refractivity (Wildman–Crippen MR) is 128 cm³/mol. The van der Waals surface area contributed by atoms with Crippen LogP contribution in [0.4, 0.5) is 9.18 Å². The van der Waals surface area contributed by atoms with Crippen molar-refractivity contribution in [3.8, 4) is 0 Å². The molecule has 172 valence electrons. The number of amides is 2. The number of hydrogen-bond acceptors (Lipinski definition) is 4. The van der Waals surface area contributed by atoms with E-state index >= 15 is 0 Å². The van der Waals surface area contributed by atoms with E-state index in [0.29, 0.717) is 48.2 Å². The maximum Gasteiger partial charge on any atom is 0.320 e. The van der Waals surface area contributed by atoms with Crippen LogP contribution in [0.25, 0.3) is 10.8 Å². The van der Waals surface area contributed by atoms with Crippen LogP contribution in [-0.4, -0.2) is 69.4 Å². The molecule has 3 aromatic rings. The third-order valence-electron chi connectivity index (χ3n) is 6.73. The van der Waals surface area contributed by atoms with E-state index in [1.54, 1.807) is 29.2 Å². The Labute approximate surface area is 191 Å². The first kappa shape index (κ1) is 22.0. The van der Waals surface area contributed by atoms with Gasteiger partial charge in [0.2, 0.25) is 0 Å². The van der Waals surface area contributed by atoms with E-state index in [0.717, 1.165) is 36.9 Å². The van der Waals surface area contributed by atoms with E-state index in [4.69, 9.17) is 0 Å². The standard InChI is InChI=1S/C24H26FN4O3P/c25-20-8-7-17(15-21-18-5-1-2-6-19(18)23(30)27-26-21)16-22(20)33(32)13-11-29(12-14-33)24(31)28-9-3-4-10-28/h1-2,5-8,16,32H,3-4,9-15H2/p+1. The molecule has 2 aliphatic rings. The predicted octanol–water partition coefficient (Wildman–Crippen LogP) is 2.73. The Bertz CT molecular complexity index is 1250. The molecular weight excluding hydrogens is 442 g/mol. The molecule has 33 heavy (non-hydrogen) atoms. The molecule has 0 saturated carbocycles. The summed E-state index contributed by atoms with van der Waals surface area (Å²) in [6.45, 7) is 2.46. The number of halogens is 1. The van der Waals surface area contributed by atoms with Gasteiger partial charge in [0.25, 0.3) is 5.56 Å². The Morgan fingerprint density at radius 3 is 2.42 bits per heavy atom. The lowest BCUT2D eigenvalue weighted by Gasteiger charge is -2.34. The average molecular weight is 469 g/mol. The molecule has 1 aromatic heterocycles. The highest BCUT2D eigenvalue weighted by atomic mass is 31.2. The van der Waals surface area contributed by atoms with Gasteiger partial charge in [-0.15, -0.1) is 0 Å². The molecular formula is C24H27FN4O3P+. The lowest BCUT2D eigenvalue weighted by molar-refractivity contribution is 0.166. The molecule has 7 nitrogen and oxygen atoms in total. The molecule has 2 aromatic carbocycles. The molecule has 0 spiro atoms. The van der Waals surface area contributed by atoms with Crippen molar-refractivity contribution in [1.29, 1.82) is 0 Å². The first-order chi connectivity index (χ1) is 15.9. The van der Waals surface area contributed by atoms with Crippen LogP contribution in [0.5, 0.6) is 0 Å². The fourth-order valence-electron chi connectivity index (χ4n) is 4.82. The van der Waals surface area contributed by atoms with Crippen LogP contribution >= 0.6 is 7.49 Å². The number of benzene rings is 2. The molecule has 2 fully saturated rings. The molecule has 3 heterocycles. The van der Waals surface area contributed by atoms with Gasteiger partial charge in [0.05, 0.1) is 24.2 Å². The van der Waals surface area contributed by atoms with Crippen molar-refractivity contribution < 1.29 is 14.1 Å². The first-order valence-corrected chi connectivity index (χ1v) is 13.4. The van der Waals surface area contributed by atoms with Crippen LogP contribution < -0.4 is 10.9 Å². The van der Waals surface area contributed by atoms with E-state index in [9.17, 15) is 18.9 Å². The number of carbonyl (C=O) groups excluding carboxylic acids is 1. The largest absolute Gasteiger partial charge is 0.325 e. The van der Waals surface area contributed by atoms with Crippen LogP contribution in [0.2, 0.25) is 0 Å². The normalized spacial score (nSPS) is 18.1. The maximum atomic E-state index is 14.9. The molecule has 0 aliphatic carbocycles. The van der Waals surface area contributed by atoms with Crippen molar-refractivity contribution in [3.05, 3.63) is 69.9 Å². The van der Waals surface area contributed by atoms with Gasteiger partial charge in [0.15, 0.2) is 18.6 Å². The van der Waals surface area contributed by atoms with Crippen LogP contribution in [0, 0.1) is 5.82 Å². The van der Waals surface area contributed by atoms with Crippen molar-refractivity contribution in [1.82, 2.24) is 20.0 Å². The second kappa shape index (κ2) is 8.84. The summed E-state index contributed by atoms with van der Waals surface area (Å²) in [5.74, 6) is -0.409. The SMILES string of the molecule is O=C(N1CCCC1)N1CC[P+](O)(c2cc(Cc3n[nH]c(=O)c4ccccc34)ccc2F)CC1. The molecule has 5 rings (SSSR count). The van der Waals surface area contributed by atoms with Crippen LogP contribution in [0.15, 0.2) is 47.3 Å². The number of hydrogen-bond donors (Lipinski definition) is 2. The number of carbonyl (C=O) groups is 1. The van der Waals surface area contributed by atoms with Crippen LogP contribution in [0.3, 0.4) is 0 Å². The number of aromatic nitrogens is 2. The van der Waals surface area contributed by atoms with Crippen LogP contribution in [-0.2, 0) is 6.42 Å². The Morgan fingerprint density at radius 2 is 1.70 bits per heavy atom. The number of urea groups is 1. The minimum Gasteiger partial charge on any atom is -0.325 e. The summed E-state index contributed by atoms with van der Waals surface area (Å²) in [6.07, 6.45) is 3.27. The summed E-state index contributed by atoms with van der Waals surface area (Å²) in [5.41, 5.74) is 1.27. The van der Waals surface area contributed by atoms with Gasteiger partial charge in [-0.3, -0.25) is 4.79 Å². The molecule has 2 aliphatic heterocycles. The number of likely N-dealkylation sites (tertiary alicyclic amines) is 1. The van der Waals surface area contributed by atoms with Crippen molar-refractivity contribution in [2.45, 2.75) is 19.3 Å². The number of aromatic amines is 1. The smallest absolute Gasteiger partial charge is 0.320 e. The van der Waals surface area contributed by atoms with E-state index in [-0.39, 0.29) is 11.6 Å². The van der Waals surface area contributed by atoms with Gasteiger partial charge in [-0.1, -0.05) is 24.3 Å². The van der Waals surface area contributed by atoms with Crippen molar-refractivity contribution in [2.24, 2.45) is 0 Å². The van der Waals surface area contributed by atoms with E-state index in [1.165, 1.54) is 6.07 Å². The van der Waals surface area contributed by atoms with E-state index < -0.39 is 13.3 Å². The van der Waals surface area contributed by atoms with Crippen molar-refractivity contribution in [3.63, 3.8) is 0 Å². The second-order valence-electron chi connectivity index (χ2n) is 8.84. The fraction of sp³-hybridized carbons (Fsp3) is 0.375. The Morgan fingerprint density at radius 1 is 1.03 bits per heavy atom. The van der Waals surface area contributed by atoms with Crippen molar-refractivity contribution in [2.75, 3.05) is 38.5 Å². The lowest BCUT2D eigenvalue weighted by atomic mass is 10.0. The number of nitrogens with one attached hydrogen (secondary N) is 1. The zero-order chi connectivity index (χ0) is 23.0. The van der Waals surface area contributed by atoms with Gasteiger partial charge in [-0.2, -0.15) is 5.10 Å². The third kappa shape index (κ3) is 4.25. The minimum atomic E-state index is -2.72. The Balaban J connectivity index is 1.37. The number of H-pyrrole nitrogens is 1. The maximum absolute atomic E-state index is 14.9. The fourth-order valence-corrected chi connectivity index (χ4v) is 7.55. The average Bonchev–Trinajstić information content (AvgIpc) is 3.37. The van der Waals surface area contributed by atoms with Crippen molar-refractivity contribution >= 4 is 29.6 Å². The highest BCUT2D eigenvalue weighted by Crippen LogP contribution is 2.55. The second-order valence-corrected chi connectivity index (χ2v) is 12.1. The summed E-state index contributed by atoms with van der Waals surface area (Å²) in [6, 6.07) is 12.1. The molecule has 0 unspecified atom stereocenters. The summed E-state index contributed by atoms with van der Waals surface area (Å²) < 4.78 is 14.9. The zero-order valence-corrected chi connectivity index (χ0v) is 19.2. The summed E-state index contributed by atoms with van der Waals surface area (Å²) in [7, 11) is -2.72. The molecule has 0 bridgehead atoms. The summed E-state index contributed by atoms with van der Waals surface area (Å²) >= 11 is 0. The van der Waals surface area contributed by atoms with Crippen LogP contribution in [0.1, 0.15) is 24.1 Å². The third-order valence-corrected chi connectivity index (χ3v) is 9.85. The highest BCUT2D eigenvalue weighted by Gasteiger charge is 2.46. The Kier molecular flexibility index (Phi) is 5.89. The van der Waals surface area contributed by atoms with E-state index in [2.05, 4.69) is 10.2 Å². The molecule has 2 N–H and O–H groups in total. The van der Waals surface area contributed by atoms with E-state index in [1.807, 2.05) is 17.0 Å². The summed E-state index contributed by atoms with van der Waals surface area (Å²) in [5, 5.41) is 8.43. The van der Waals surface area contributed by atoms with Gasteiger partial charge in [-0.05, 0) is 36.6 Å². The lowest BCUT2D eigenvalue weighted by Crippen LogP contribution is -2.48. The topological polar surface area (TPSA) is 89.5 Å². The van der Waals surface area contributed by atoms with Gasteiger partial charge in [0.1, 0.15) is 12.3 Å². The molecule has 0 atom stereocenters. The van der Waals surface area contributed by atoms with Gasteiger partial charge < -0.3 is 9.80 Å². The van der Waals surface area contributed by atoms with Gasteiger partial charge >= 0.3 is 6.03 Å². The quantitative estimate of drug-likeness (QED) is 0.578. The summed E-state index contributed by atoms with van der Waals surface area (Å²) in [4.78, 5) is 39.8. The number of nitrogens with zero attached hydrogens (tertiary/aromatic N) is 3. The molecule has 0 radical (unpaired) electrons. The molecule has 2 saturated heterocycles. The minimum absolute atomic E-state index is 0.0315. The Hall–Kier alpha value is -2.83. The highest BCUT2D eigenvalue weighted by molar-refractivity contribution is 7.77.